The maximum absolute atomic E-state index is 11.7. The summed E-state index contributed by atoms with van der Waals surface area (Å²) in [4.78, 5) is 13.7. The molecule has 0 atom stereocenters. The minimum Gasteiger partial charge on any atom is -0.465 e. The summed E-state index contributed by atoms with van der Waals surface area (Å²) in [5.74, 6) is -0.187. The van der Waals surface area contributed by atoms with Crippen molar-refractivity contribution in [1.29, 1.82) is 0 Å². The van der Waals surface area contributed by atoms with Crippen LogP contribution in [0.15, 0.2) is 24.3 Å². The highest BCUT2D eigenvalue weighted by Crippen LogP contribution is 2.31. The van der Waals surface area contributed by atoms with Gasteiger partial charge in [-0.15, -0.1) is 0 Å². The van der Waals surface area contributed by atoms with Gasteiger partial charge in [0, 0.05) is 11.9 Å². The average Bonchev–Trinajstić information content (AvgIpc) is 2.82. The zero-order chi connectivity index (χ0) is 13.7. The third-order valence-corrected chi connectivity index (χ3v) is 3.71. The first-order valence-corrected chi connectivity index (χ1v) is 7.28. The molecule has 0 saturated heterocycles. The molecule has 1 heterocycles. The van der Waals surface area contributed by atoms with Crippen molar-refractivity contribution >= 4 is 33.4 Å². The molecule has 19 heavy (non-hydrogen) atoms. The Balaban J connectivity index is 2.25. The lowest BCUT2D eigenvalue weighted by Gasteiger charge is -2.21. The first-order chi connectivity index (χ1) is 9.26. The minimum atomic E-state index is -0.187. The number of ether oxygens (including phenoxy) is 1. The van der Waals surface area contributed by atoms with Crippen LogP contribution in [0, 0.1) is 0 Å². The fraction of sp³-hybridized carbons (Fsp3) is 0.429. The monoisotopic (exact) mass is 278 g/mol. The van der Waals surface area contributed by atoms with Gasteiger partial charge in [0.05, 0.1) is 12.1 Å². The Hall–Kier alpha value is -1.62. The molecule has 0 spiro atoms. The van der Waals surface area contributed by atoms with Gasteiger partial charge in [-0.3, -0.25) is 4.79 Å². The molecule has 0 fully saturated rings. The Morgan fingerprint density at radius 1 is 1.37 bits per heavy atom. The molecule has 0 bridgehead atoms. The van der Waals surface area contributed by atoms with Crippen molar-refractivity contribution in [2.75, 3.05) is 24.6 Å². The quantitative estimate of drug-likeness (QED) is 0.762. The molecule has 0 aliphatic carbocycles. The van der Waals surface area contributed by atoms with Crippen molar-refractivity contribution in [2.45, 2.75) is 20.3 Å². The molecular formula is C14H18N2O2S. The summed E-state index contributed by atoms with van der Waals surface area (Å²) in [7, 11) is 0. The van der Waals surface area contributed by atoms with Crippen molar-refractivity contribution in [3.8, 4) is 0 Å². The van der Waals surface area contributed by atoms with Crippen LogP contribution < -0.4 is 4.90 Å². The van der Waals surface area contributed by atoms with Gasteiger partial charge in [-0.25, -0.2) is 0 Å². The second-order valence-corrected chi connectivity index (χ2v) is 4.98. The lowest BCUT2D eigenvalue weighted by Crippen LogP contribution is -2.31. The molecule has 0 radical (unpaired) electrons. The zero-order valence-electron chi connectivity index (χ0n) is 11.3. The van der Waals surface area contributed by atoms with Crippen molar-refractivity contribution in [3.63, 3.8) is 0 Å². The van der Waals surface area contributed by atoms with E-state index in [0.717, 1.165) is 28.9 Å². The van der Waals surface area contributed by atoms with E-state index in [1.807, 2.05) is 31.2 Å². The molecule has 0 amide bonds. The second kappa shape index (κ2) is 6.52. The lowest BCUT2D eigenvalue weighted by molar-refractivity contribution is -0.141. The van der Waals surface area contributed by atoms with Gasteiger partial charge in [-0.05, 0) is 37.0 Å². The van der Waals surface area contributed by atoms with Gasteiger partial charge < -0.3 is 9.64 Å². The summed E-state index contributed by atoms with van der Waals surface area (Å²) in [6.45, 7) is 5.45. The number of benzene rings is 1. The van der Waals surface area contributed by atoms with Crippen LogP contribution in [0.3, 0.4) is 0 Å². The van der Waals surface area contributed by atoms with Crippen molar-refractivity contribution in [1.82, 2.24) is 4.37 Å². The summed E-state index contributed by atoms with van der Waals surface area (Å²) in [5, 5.41) is 2.15. The topological polar surface area (TPSA) is 42.4 Å². The van der Waals surface area contributed by atoms with E-state index in [2.05, 4.69) is 16.2 Å². The summed E-state index contributed by atoms with van der Waals surface area (Å²) >= 11 is 1.44. The van der Waals surface area contributed by atoms with E-state index in [4.69, 9.17) is 4.74 Å². The highest BCUT2D eigenvalue weighted by Gasteiger charge is 2.16. The molecule has 2 rings (SSSR count). The normalized spacial score (nSPS) is 10.6. The maximum atomic E-state index is 11.7. The summed E-state index contributed by atoms with van der Waals surface area (Å²) in [6, 6.07) is 8.00. The molecule has 0 unspecified atom stereocenters. The van der Waals surface area contributed by atoms with Gasteiger partial charge >= 0.3 is 5.97 Å². The Labute approximate surface area is 117 Å². The molecule has 1 aromatic heterocycles. The van der Waals surface area contributed by atoms with Crippen molar-refractivity contribution in [2.24, 2.45) is 0 Å². The summed E-state index contributed by atoms with van der Waals surface area (Å²) < 4.78 is 9.46. The van der Waals surface area contributed by atoms with Gasteiger partial charge in [0.1, 0.15) is 11.5 Å². The number of carbonyl (C=O) groups is 1. The maximum Gasteiger partial charge on any atom is 0.325 e. The zero-order valence-corrected chi connectivity index (χ0v) is 12.1. The van der Waals surface area contributed by atoms with Crippen LogP contribution in [0.1, 0.15) is 20.3 Å². The fourth-order valence-electron chi connectivity index (χ4n) is 1.99. The summed E-state index contributed by atoms with van der Waals surface area (Å²) in [6.07, 6.45) is 0.978. The number of anilines is 1. The van der Waals surface area contributed by atoms with Gasteiger partial charge in [-0.2, -0.15) is 4.37 Å². The number of nitrogens with zero attached hydrogens (tertiary/aromatic N) is 2. The molecule has 2 aromatic rings. The SMILES string of the molecule is CCCN(CC(=O)OCC)c1snc2ccccc12. The van der Waals surface area contributed by atoms with Gasteiger partial charge in [0.15, 0.2) is 0 Å². The molecule has 1 aromatic carbocycles. The van der Waals surface area contributed by atoms with Gasteiger partial charge in [0.2, 0.25) is 0 Å². The molecule has 0 saturated carbocycles. The number of carbonyl (C=O) groups excluding carboxylic acids is 1. The van der Waals surface area contributed by atoms with Crippen LogP contribution in [-0.4, -0.2) is 30.0 Å². The third kappa shape index (κ3) is 3.23. The Bertz CT molecular complexity index is 553. The largest absolute Gasteiger partial charge is 0.465 e. The second-order valence-electron chi connectivity index (χ2n) is 4.23. The van der Waals surface area contributed by atoms with Crippen LogP contribution in [0.2, 0.25) is 0 Å². The predicted octanol–water partition coefficient (Wildman–Crippen LogP) is 3.08. The fourth-order valence-corrected chi connectivity index (χ4v) is 2.87. The average molecular weight is 278 g/mol. The van der Waals surface area contributed by atoms with Crippen LogP contribution in [0.5, 0.6) is 0 Å². The Kier molecular flexibility index (Phi) is 4.74. The van der Waals surface area contributed by atoms with E-state index in [0.29, 0.717) is 6.61 Å². The molecule has 0 aliphatic heterocycles. The Morgan fingerprint density at radius 3 is 2.89 bits per heavy atom. The van der Waals surface area contributed by atoms with Crippen LogP contribution in [-0.2, 0) is 9.53 Å². The van der Waals surface area contributed by atoms with Crippen LogP contribution in [0.25, 0.3) is 10.9 Å². The van der Waals surface area contributed by atoms with Crippen LogP contribution in [0.4, 0.5) is 5.00 Å². The standard InChI is InChI=1S/C14H18N2O2S/c1-3-9-16(10-13(17)18-4-2)14-11-7-5-6-8-12(11)15-19-14/h5-8H,3-4,9-10H2,1-2H3. The number of esters is 1. The molecule has 5 heteroatoms. The molecular weight excluding hydrogens is 260 g/mol. The summed E-state index contributed by atoms with van der Waals surface area (Å²) in [5.41, 5.74) is 0.979. The first kappa shape index (κ1) is 13.8. The van der Waals surface area contributed by atoms with Crippen LogP contribution >= 0.6 is 11.5 Å². The predicted molar refractivity (Wildman–Crippen MR) is 78.8 cm³/mol. The molecule has 4 nitrogen and oxygen atoms in total. The highest BCUT2D eigenvalue weighted by atomic mass is 32.1. The molecule has 0 N–H and O–H groups in total. The number of rotatable bonds is 6. The van der Waals surface area contributed by atoms with Gasteiger partial charge in [-0.1, -0.05) is 19.1 Å². The third-order valence-electron chi connectivity index (χ3n) is 2.77. The number of hydrogen-bond donors (Lipinski definition) is 0. The number of fused-ring (bicyclic) bond motifs is 1. The van der Waals surface area contributed by atoms with E-state index >= 15 is 0 Å². The highest BCUT2D eigenvalue weighted by molar-refractivity contribution is 7.11. The van der Waals surface area contributed by atoms with E-state index in [1.165, 1.54) is 11.5 Å². The van der Waals surface area contributed by atoms with E-state index in [1.54, 1.807) is 0 Å². The van der Waals surface area contributed by atoms with Crippen molar-refractivity contribution < 1.29 is 9.53 Å². The number of hydrogen-bond acceptors (Lipinski definition) is 5. The Morgan fingerprint density at radius 2 is 2.16 bits per heavy atom. The van der Waals surface area contributed by atoms with E-state index < -0.39 is 0 Å². The number of aromatic nitrogens is 1. The van der Waals surface area contributed by atoms with Gasteiger partial charge in [0.25, 0.3) is 0 Å². The molecule has 102 valence electrons. The first-order valence-electron chi connectivity index (χ1n) is 6.51. The van der Waals surface area contributed by atoms with E-state index in [9.17, 15) is 4.79 Å². The smallest absolute Gasteiger partial charge is 0.325 e. The lowest BCUT2D eigenvalue weighted by atomic mass is 10.2. The van der Waals surface area contributed by atoms with Crippen molar-refractivity contribution in [3.05, 3.63) is 24.3 Å². The minimum absolute atomic E-state index is 0.187. The molecule has 0 aliphatic rings. The van der Waals surface area contributed by atoms with E-state index in [-0.39, 0.29) is 12.5 Å².